The standard InChI is InChI=1S/C12H20N2O2/c1-3-8-14-11(15)10(2)16-9-12(13)6-4-5-7-12/h1,10H,4-9,13H2,2H3,(H,14,15). The first-order valence-corrected chi connectivity index (χ1v) is 5.69. The van der Waals surface area contributed by atoms with Crippen LogP contribution in [0.25, 0.3) is 0 Å². The van der Waals surface area contributed by atoms with Gasteiger partial charge in [-0.3, -0.25) is 4.79 Å². The molecule has 4 nitrogen and oxygen atoms in total. The number of nitrogens with two attached hydrogens (primary N) is 1. The topological polar surface area (TPSA) is 64.3 Å². The molecular weight excluding hydrogens is 204 g/mol. The van der Waals surface area contributed by atoms with Crippen molar-refractivity contribution in [3.05, 3.63) is 0 Å². The van der Waals surface area contributed by atoms with Gasteiger partial charge in [0.05, 0.1) is 13.2 Å². The number of hydrogen-bond acceptors (Lipinski definition) is 3. The van der Waals surface area contributed by atoms with Crippen molar-refractivity contribution in [1.82, 2.24) is 5.32 Å². The van der Waals surface area contributed by atoms with Crippen molar-refractivity contribution in [2.24, 2.45) is 5.73 Å². The van der Waals surface area contributed by atoms with Crippen LogP contribution in [0.2, 0.25) is 0 Å². The molecule has 1 aliphatic carbocycles. The number of amides is 1. The quantitative estimate of drug-likeness (QED) is 0.665. The van der Waals surface area contributed by atoms with Crippen molar-refractivity contribution in [3.63, 3.8) is 0 Å². The molecule has 1 atom stereocenters. The largest absolute Gasteiger partial charge is 0.367 e. The number of nitrogens with one attached hydrogen (secondary N) is 1. The second kappa shape index (κ2) is 5.88. The zero-order chi connectivity index (χ0) is 12.0. The lowest BCUT2D eigenvalue weighted by Gasteiger charge is -2.25. The van der Waals surface area contributed by atoms with Gasteiger partial charge in [-0.05, 0) is 19.8 Å². The molecular formula is C12H20N2O2. The molecule has 0 aliphatic heterocycles. The molecule has 1 amide bonds. The number of carbonyl (C=O) groups is 1. The summed E-state index contributed by atoms with van der Waals surface area (Å²) in [5.74, 6) is 2.16. The third-order valence-electron chi connectivity index (χ3n) is 2.95. The molecule has 0 aromatic rings. The molecule has 0 bridgehead atoms. The SMILES string of the molecule is C#CCNC(=O)C(C)OCC1(N)CCCC1. The molecule has 3 N–H and O–H groups in total. The van der Waals surface area contributed by atoms with E-state index in [-0.39, 0.29) is 18.0 Å². The summed E-state index contributed by atoms with van der Waals surface area (Å²) in [4.78, 5) is 11.4. The van der Waals surface area contributed by atoms with Gasteiger partial charge in [-0.15, -0.1) is 6.42 Å². The van der Waals surface area contributed by atoms with E-state index in [4.69, 9.17) is 16.9 Å². The summed E-state index contributed by atoms with van der Waals surface area (Å²) >= 11 is 0. The minimum absolute atomic E-state index is 0.181. The zero-order valence-electron chi connectivity index (χ0n) is 9.79. The molecule has 0 aromatic carbocycles. The van der Waals surface area contributed by atoms with Gasteiger partial charge in [-0.1, -0.05) is 18.8 Å². The van der Waals surface area contributed by atoms with Gasteiger partial charge >= 0.3 is 0 Å². The number of rotatable bonds is 5. The average molecular weight is 224 g/mol. The smallest absolute Gasteiger partial charge is 0.249 e. The van der Waals surface area contributed by atoms with Crippen molar-refractivity contribution < 1.29 is 9.53 Å². The summed E-state index contributed by atoms with van der Waals surface area (Å²) in [5.41, 5.74) is 5.88. The van der Waals surface area contributed by atoms with Crippen molar-refractivity contribution >= 4 is 5.91 Å². The summed E-state index contributed by atoms with van der Waals surface area (Å²) in [6.07, 6.45) is 8.81. The number of terminal acetylenes is 1. The molecule has 1 fully saturated rings. The van der Waals surface area contributed by atoms with Crippen LogP contribution in [-0.4, -0.2) is 30.7 Å². The zero-order valence-corrected chi connectivity index (χ0v) is 9.79. The predicted octanol–water partition coefficient (Wildman–Crippen LogP) is 0.412. The van der Waals surface area contributed by atoms with Crippen molar-refractivity contribution in [3.8, 4) is 12.3 Å². The normalized spacial score (nSPS) is 20.1. The Morgan fingerprint density at radius 2 is 2.25 bits per heavy atom. The van der Waals surface area contributed by atoms with Gasteiger partial charge in [0.15, 0.2) is 0 Å². The number of carbonyl (C=O) groups excluding carboxylic acids is 1. The van der Waals surface area contributed by atoms with Crippen LogP contribution in [0.15, 0.2) is 0 Å². The highest BCUT2D eigenvalue weighted by Crippen LogP contribution is 2.27. The van der Waals surface area contributed by atoms with E-state index in [0.29, 0.717) is 6.61 Å². The van der Waals surface area contributed by atoms with E-state index in [9.17, 15) is 4.79 Å². The first-order chi connectivity index (χ1) is 7.57. The van der Waals surface area contributed by atoms with E-state index < -0.39 is 6.10 Å². The van der Waals surface area contributed by atoms with Gasteiger partial charge in [0.2, 0.25) is 5.91 Å². The third kappa shape index (κ3) is 3.84. The highest BCUT2D eigenvalue weighted by molar-refractivity contribution is 5.80. The molecule has 1 saturated carbocycles. The van der Waals surface area contributed by atoms with Crippen LogP contribution < -0.4 is 11.1 Å². The van der Waals surface area contributed by atoms with Gasteiger partial charge in [0, 0.05) is 5.54 Å². The fourth-order valence-electron chi connectivity index (χ4n) is 1.87. The molecule has 0 aromatic heterocycles. The molecule has 0 spiro atoms. The second-order valence-electron chi connectivity index (χ2n) is 4.44. The van der Waals surface area contributed by atoms with Crippen LogP contribution in [0.4, 0.5) is 0 Å². The molecule has 90 valence electrons. The van der Waals surface area contributed by atoms with Crippen LogP contribution >= 0.6 is 0 Å². The van der Waals surface area contributed by atoms with E-state index in [1.165, 1.54) is 0 Å². The van der Waals surface area contributed by atoms with E-state index in [2.05, 4.69) is 11.2 Å². The Morgan fingerprint density at radius 3 is 2.81 bits per heavy atom. The summed E-state index contributed by atoms with van der Waals surface area (Å²) in [7, 11) is 0. The molecule has 0 radical (unpaired) electrons. The lowest BCUT2D eigenvalue weighted by atomic mass is 10.0. The van der Waals surface area contributed by atoms with E-state index in [1.54, 1.807) is 6.92 Å². The van der Waals surface area contributed by atoms with Crippen molar-refractivity contribution in [2.45, 2.75) is 44.2 Å². The van der Waals surface area contributed by atoms with Crippen LogP contribution in [0.1, 0.15) is 32.6 Å². The first-order valence-electron chi connectivity index (χ1n) is 5.69. The van der Waals surface area contributed by atoms with Gasteiger partial charge in [0.25, 0.3) is 0 Å². The molecule has 16 heavy (non-hydrogen) atoms. The van der Waals surface area contributed by atoms with E-state index in [1.807, 2.05) is 0 Å². The van der Waals surface area contributed by atoms with Crippen LogP contribution in [-0.2, 0) is 9.53 Å². The number of hydrogen-bond donors (Lipinski definition) is 2. The number of ether oxygens (including phenoxy) is 1. The minimum Gasteiger partial charge on any atom is -0.367 e. The van der Waals surface area contributed by atoms with Crippen molar-refractivity contribution in [2.75, 3.05) is 13.2 Å². The van der Waals surface area contributed by atoms with Gasteiger partial charge < -0.3 is 15.8 Å². The highest BCUT2D eigenvalue weighted by Gasteiger charge is 2.30. The Kier molecular flexibility index (Phi) is 4.78. The van der Waals surface area contributed by atoms with Crippen LogP contribution in [0, 0.1) is 12.3 Å². The maximum atomic E-state index is 11.4. The fourth-order valence-corrected chi connectivity index (χ4v) is 1.87. The molecule has 1 aliphatic rings. The first kappa shape index (κ1) is 13.0. The van der Waals surface area contributed by atoms with Gasteiger partial charge in [0.1, 0.15) is 6.10 Å². The minimum atomic E-state index is -0.491. The molecule has 4 heteroatoms. The lowest BCUT2D eigenvalue weighted by Crippen LogP contribution is -2.44. The Labute approximate surface area is 96.9 Å². The second-order valence-corrected chi connectivity index (χ2v) is 4.44. The monoisotopic (exact) mass is 224 g/mol. The molecule has 0 saturated heterocycles. The Hall–Kier alpha value is -1.05. The molecule has 1 unspecified atom stereocenters. The Morgan fingerprint density at radius 1 is 1.62 bits per heavy atom. The lowest BCUT2D eigenvalue weighted by molar-refractivity contribution is -0.132. The summed E-state index contributed by atoms with van der Waals surface area (Å²) in [5, 5.41) is 2.58. The summed E-state index contributed by atoms with van der Waals surface area (Å²) in [6.45, 7) is 2.39. The van der Waals surface area contributed by atoms with Gasteiger partial charge in [-0.25, -0.2) is 0 Å². The fraction of sp³-hybridized carbons (Fsp3) is 0.750. The molecule has 1 rings (SSSR count). The Bertz CT molecular complexity index is 277. The highest BCUT2D eigenvalue weighted by atomic mass is 16.5. The van der Waals surface area contributed by atoms with E-state index >= 15 is 0 Å². The van der Waals surface area contributed by atoms with Crippen LogP contribution in [0.3, 0.4) is 0 Å². The van der Waals surface area contributed by atoms with Crippen molar-refractivity contribution in [1.29, 1.82) is 0 Å². The maximum absolute atomic E-state index is 11.4. The average Bonchev–Trinajstić information content (AvgIpc) is 2.70. The summed E-state index contributed by atoms with van der Waals surface area (Å²) < 4.78 is 5.48. The Balaban J connectivity index is 2.26. The summed E-state index contributed by atoms with van der Waals surface area (Å²) in [6, 6.07) is 0. The molecule has 0 heterocycles. The van der Waals surface area contributed by atoms with Gasteiger partial charge in [-0.2, -0.15) is 0 Å². The predicted molar refractivity (Wildman–Crippen MR) is 62.6 cm³/mol. The third-order valence-corrected chi connectivity index (χ3v) is 2.95. The van der Waals surface area contributed by atoms with E-state index in [0.717, 1.165) is 25.7 Å². The maximum Gasteiger partial charge on any atom is 0.249 e. The van der Waals surface area contributed by atoms with Crippen LogP contribution in [0.5, 0.6) is 0 Å².